The number of thioether (sulfide) groups is 1. The smallest absolute Gasteiger partial charge is 0.0100 e. The summed E-state index contributed by atoms with van der Waals surface area (Å²) in [5.74, 6) is 3.22. The van der Waals surface area contributed by atoms with Crippen LogP contribution >= 0.6 is 27.7 Å². The van der Waals surface area contributed by atoms with Crippen LogP contribution in [0.25, 0.3) is 0 Å². The summed E-state index contributed by atoms with van der Waals surface area (Å²) in [7, 11) is 0. The second-order valence-corrected chi connectivity index (χ2v) is 6.15. The van der Waals surface area contributed by atoms with Gasteiger partial charge >= 0.3 is 0 Å². The van der Waals surface area contributed by atoms with Crippen LogP contribution in [0.5, 0.6) is 0 Å². The molecule has 1 rings (SSSR count). The van der Waals surface area contributed by atoms with E-state index in [9.17, 15) is 0 Å². The van der Waals surface area contributed by atoms with Crippen molar-refractivity contribution < 1.29 is 0 Å². The number of hydrogen-bond donors (Lipinski definition) is 0. The fraction of sp³-hybridized carbons (Fsp3) is 0.571. The average Bonchev–Trinajstić information content (AvgIpc) is 2.29. The molecule has 0 N–H and O–H groups in total. The lowest BCUT2D eigenvalue weighted by Gasteiger charge is -2.14. The Morgan fingerprint density at radius 1 is 1.38 bits per heavy atom. The van der Waals surface area contributed by atoms with Crippen molar-refractivity contribution in [1.82, 2.24) is 0 Å². The molecule has 16 heavy (non-hydrogen) atoms. The molecule has 0 heterocycles. The summed E-state index contributed by atoms with van der Waals surface area (Å²) in [5.41, 5.74) is 2.85. The van der Waals surface area contributed by atoms with E-state index in [1.165, 1.54) is 35.5 Å². The topological polar surface area (TPSA) is 0 Å². The van der Waals surface area contributed by atoms with Gasteiger partial charge in [0.05, 0.1) is 0 Å². The first-order valence-electron chi connectivity index (χ1n) is 5.98. The fourth-order valence-corrected chi connectivity index (χ4v) is 3.19. The summed E-state index contributed by atoms with van der Waals surface area (Å²) in [6, 6.07) is 8.91. The minimum Gasteiger partial charge on any atom is -0.162 e. The number of rotatable bonds is 7. The molecule has 1 unspecified atom stereocenters. The first-order valence-corrected chi connectivity index (χ1v) is 8.25. The Hall–Kier alpha value is 0.0500. The number of halogens is 1. The zero-order chi connectivity index (χ0) is 11.8. The van der Waals surface area contributed by atoms with E-state index < -0.39 is 0 Å². The molecule has 0 fully saturated rings. The zero-order valence-corrected chi connectivity index (χ0v) is 12.6. The van der Waals surface area contributed by atoms with Crippen LogP contribution in [0, 0.1) is 6.92 Å². The largest absolute Gasteiger partial charge is 0.162 e. The molecule has 0 amide bonds. The molecule has 0 spiro atoms. The van der Waals surface area contributed by atoms with Crippen molar-refractivity contribution in [2.24, 2.45) is 0 Å². The van der Waals surface area contributed by atoms with Crippen LogP contribution in [0.1, 0.15) is 36.8 Å². The highest BCUT2D eigenvalue weighted by Crippen LogP contribution is 2.25. The van der Waals surface area contributed by atoms with Crippen LogP contribution in [-0.2, 0) is 0 Å². The molecule has 0 nitrogen and oxygen atoms in total. The number of hydrogen-bond acceptors (Lipinski definition) is 1. The maximum absolute atomic E-state index is 3.64. The van der Waals surface area contributed by atoms with E-state index in [0.717, 1.165) is 5.33 Å². The standard InChI is InChI=1S/C14H21BrS/c1-3-16-9-5-8-14(11-15)13-7-4-6-12(2)10-13/h4,6-7,10,14H,3,5,8-9,11H2,1-2H3. The maximum Gasteiger partial charge on any atom is 0.0100 e. The van der Waals surface area contributed by atoms with E-state index >= 15 is 0 Å². The predicted octanol–water partition coefficient (Wildman–Crippen LogP) is 5.01. The van der Waals surface area contributed by atoms with Gasteiger partial charge in [0.15, 0.2) is 0 Å². The molecule has 1 atom stereocenters. The molecule has 0 aliphatic heterocycles. The highest BCUT2D eigenvalue weighted by molar-refractivity contribution is 9.09. The first-order chi connectivity index (χ1) is 7.77. The lowest BCUT2D eigenvalue weighted by atomic mass is 9.95. The van der Waals surface area contributed by atoms with Gasteiger partial charge in [0.1, 0.15) is 0 Å². The Kier molecular flexibility index (Phi) is 7.22. The average molecular weight is 301 g/mol. The molecular weight excluding hydrogens is 280 g/mol. The monoisotopic (exact) mass is 300 g/mol. The second kappa shape index (κ2) is 8.19. The van der Waals surface area contributed by atoms with E-state index in [-0.39, 0.29) is 0 Å². The Bertz CT molecular complexity index is 299. The van der Waals surface area contributed by atoms with Crippen LogP contribution in [0.15, 0.2) is 24.3 Å². The van der Waals surface area contributed by atoms with E-state index in [1.807, 2.05) is 11.8 Å². The van der Waals surface area contributed by atoms with Gasteiger partial charge in [0.2, 0.25) is 0 Å². The molecule has 0 aliphatic rings. The molecule has 0 saturated heterocycles. The quantitative estimate of drug-likeness (QED) is 0.504. The molecule has 90 valence electrons. The third kappa shape index (κ3) is 4.92. The molecule has 0 aromatic heterocycles. The first kappa shape index (κ1) is 14.1. The third-order valence-electron chi connectivity index (χ3n) is 2.75. The van der Waals surface area contributed by atoms with Crippen molar-refractivity contribution in [3.63, 3.8) is 0 Å². The van der Waals surface area contributed by atoms with Gasteiger partial charge in [-0.1, -0.05) is 52.7 Å². The summed E-state index contributed by atoms with van der Waals surface area (Å²) in [6.45, 7) is 4.40. The third-order valence-corrected chi connectivity index (χ3v) is 4.51. The fourth-order valence-electron chi connectivity index (χ4n) is 1.83. The Morgan fingerprint density at radius 2 is 2.19 bits per heavy atom. The molecule has 0 bridgehead atoms. The van der Waals surface area contributed by atoms with E-state index in [0.29, 0.717) is 5.92 Å². The van der Waals surface area contributed by atoms with E-state index in [1.54, 1.807) is 0 Å². The Labute approximate surface area is 112 Å². The highest BCUT2D eigenvalue weighted by atomic mass is 79.9. The van der Waals surface area contributed by atoms with Gasteiger partial charge in [-0.25, -0.2) is 0 Å². The van der Waals surface area contributed by atoms with Gasteiger partial charge in [-0.2, -0.15) is 11.8 Å². The lowest BCUT2D eigenvalue weighted by molar-refractivity contribution is 0.680. The molecule has 1 aromatic carbocycles. The second-order valence-electron chi connectivity index (χ2n) is 4.10. The van der Waals surface area contributed by atoms with E-state index in [4.69, 9.17) is 0 Å². The van der Waals surface area contributed by atoms with Crippen LogP contribution < -0.4 is 0 Å². The normalized spacial score (nSPS) is 12.7. The minimum atomic E-state index is 0.678. The van der Waals surface area contributed by atoms with Crippen molar-refractivity contribution in [2.75, 3.05) is 16.8 Å². The van der Waals surface area contributed by atoms with Gasteiger partial charge in [0.25, 0.3) is 0 Å². The minimum absolute atomic E-state index is 0.678. The van der Waals surface area contributed by atoms with Gasteiger partial charge < -0.3 is 0 Å². The summed E-state index contributed by atoms with van der Waals surface area (Å²) < 4.78 is 0. The van der Waals surface area contributed by atoms with Crippen LogP contribution in [-0.4, -0.2) is 16.8 Å². The van der Waals surface area contributed by atoms with Crippen molar-refractivity contribution in [2.45, 2.75) is 32.6 Å². The van der Waals surface area contributed by atoms with Gasteiger partial charge in [-0.05, 0) is 42.8 Å². The Balaban J connectivity index is 2.47. The molecule has 2 heteroatoms. The Morgan fingerprint density at radius 3 is 2.81 bits per heavy atom. The maximum atomic E-state index is 3.64. The SMILES string of the molecule is CCSCCCC(CBr)c1cccc(C)c1. The van der Waals surface area contributed by atoms with Crippen LogP contribution in [0.2, 0.25) is 0 Å². The van der Waals surface area contributed by atoms with Crippen molar-refractivity contribution in [1.29, 1.82) is 0 Å². The van der Waals surface area contributed by atoms with Crippen molar-refractivity contribution in [3.05, 3.63) is 35.4 Å². The summed E-state index contributed by atoms with van der Waals surface area (Å²) in [6.07, 6.45) is 2.62. The van der Waals surface area contributed by atoms with Crippen LogP contribution in [0.3, 0.4) is 0 Å². The van der Waals surface area contributed by atoms with E-state index in [2.05, 4.69) is 54.0 Å². The molecule has 1 aromatic rings. The van der Waals surface area contributed by atoms with Crippen molar-refractivity contribution >= 4 is 27.7 Å². The molecule has 0 saturated carbocycles. The van der Waals surface area contributed by atoms with Gasteiger partial charge in [0, 0.05) is 5.33 Å². The highest BCUT2D eigenvalue weighted by Gasteiger charge is 2.09. The number of alkyl halides is 1. The van der Waals surface area contributed by atoms with Gasteiger partial charge in [-0.3, -0.25) is 0 Å². The van der Waals surface area contributed by atoms with Crippen LogP contribution in [0.4, 0.5) is 0 Å². The summed E-state index contributed by atoms with van der Waals surface area (Å²) in [4.78, 5) is 0. The number of benzene rings is 1. The molecular formula is C14H21BrS. The summed E-state index contributed by atoms with van der Waals surface area (Å²) >= 11 is 5.68. The van der Waals surface area contributed by atoms with Crippen molar-refractivity contribution in [3.8, 4) is 0 Å². The molecule has 0 radical (unpaired) electrons. The zero-order valence-electron chi connectivity index (χ0n) is 10.2. The number of aryl methyl sites for hydroxylation is 1. The predicted molar refractivity (Wildman–Crippen MR) is 79.9 cm³/mol. The van der Waals surface area contributed by atoms with Gasteiger partial charge in [-0.15, -0.1) is 0 Å². The lowest BCUT2D eigenvalue weighted by Crippen LogP contribution is -2.01. The molecule has 0 aliphatic carbocycles. The summed E-state index contributed by atoms with van der Waals surface area (Å²) in [5, 5.41) is 1.08.